The highest BCUT2D eigenvalue weighted by atomic mass is 16.5. The van der Waals surface area contributed by atoms with E-state index in [1.807, 2.05) is 29.5 Å². The van der Waals surface area contributed by atoms with Crippen LogP contribution in [0.5, 0.6) is 5.75 Å². The van der Waals surface area contributed by atoms with Crippen molar-refractivity contribution >= 4 is 17.7 Å². The molecule has 29 heavy (non-hydrogen) atoms. The van der Waals surface area contributed by atoms with Crippen LogP contribution in [0.1, 0.15) is 31.7 Å². The summed E-state index contributed by atoms with van der Waals surface area (Å²) < 4.78 is 5.51. The first-order chi connectivity index (χ1) is 14.2. The fraction of sp³-hybridized carbons (Fsp3) is 0.381. The Hall–Kier alpha value is -3.29. The first-order valence-corrected chi connectivity index (χ1v) is 9.96. The second kappa shape index (κ2) is 8.38. The van der Waals surface area contributed by atoms with Crippen molar-refractivity contribution in [3.63, 3.8) is 0 Å². The molecule has 8 heteroatoms. The van der Waals surface area contributed by atoms with Gasteiger partial charge in [0.2, 0.25) is 5.96 Å². The predicted molar refractivity (Wildman–Crippen MR) is 114 cm³/mol. The van der Waals surface area contributed by atoms with Gasteiger partial charge in [-0.1, -0.05) is 6.08 Å². The van der Waals surface area contributed by atoms with E-state index < -0.39 is 0 Å². The Kier molecular flexibility index (Phi) is 5.50. The summed E-state index contributed by atoms with van der Waals surface area (Å²) >= 11 is 0. The largest absolute Gasteiger partial charge is 0.496 e. The number of fused-ring (bicyclic) bond motifs is 1. The lowest BCUT2D eigenvalue weighted by atomic mass is 9.92. The standard InChI is InChI=1S/C21H27N7O/c1-3-24-18-7-6-15(11-14(18)12-22)25-21-26-20-16(5-4-10-28(20)27-21)17-13-23-9-8-19(17)29-2/h4-5,8-10,12-13,15,20,22,24H,3,6-7,11H2,1-2H3,(H2,25,26,27). The third kappa shape index (κ3) is 3.83. The van der Waals surface area contributed by atoms with Crippen molar-refractivity contribution in [2.45, 2.75) is 38.4 Å². The van der Waals surface area contributed by atoms with Crippen LogP contribution in [0.4, 0.5) is 0 Å². The first kappa shape index (κ1) is 19.0. The molecule has 152 valence electrons. The Morgan fingerprint density at radius 2 is 2.34 bits per heavy atom. The SMILES string of the molecule is CCNC1=C(C=N)CC(NC2=NN3C=CC=C(c4cnccc4OC)C3N2)CC1. The molecule has 1 aromatic heterocycles. The molecule has 0 saturated carbocycles. The normalized spacial score (nSPS) is 23.0. The molecule has 3 heterocycles. The number of hydrogen-bond acceptors (Lipinski definition) is 8. The molecule has 0 amide bonds. The van der Waals surface area contributed by atoms with E-state index in [4.69, 9.17) is 15.2 Å². The van der Waals surface area contributed by atoms with E-state index in [1.165, 1.54) is 11.9 Å². The minimum atomic E-state index is -0.112. The van der Waals surface area contributed by atoms with Gasteiger partial charge in [-0.3, -0.25) is 4.98 Å². The number of ether oxygens (including phenoxy) is 1. The fourth-order valence-electron chi connectivity index (χ4n) is 4.00. The molecule has 2 atom stereocenters. The molecule has 1 aromatic rings. The average molecular weight is 393 g/mol. The Morgan fingerprint density at radius 3 is 3.14 bits per heavy atom. The first-order valence-electron chi connectivity index (χ1n) is 9.96. The van der Waals surface area contributed by atoms with Crippen LogP contribution in [-0.2, 0) is 0 Å². The maximum Gasteiger partial charge on any atom is 0.216 e. The molecule has 0 bridgehead atoms. The molecule has 0 aromatic carbocycles. The predicted octanol–water partition coefficient (Wildman–Crippen LogP) is 2.16. The summed E-state index contributed by atoms with van der Waals surface area (Å²) in [5.74, 6) is 1.53. The number of hydrazone groups is 1. The topological polar surface area (TPSA) is 97.7 Å². The number of guanidine groups is 1. The van der Waals surface area contributed by atoms with Crippen LogP contribution < -0.4 is 20.7 Å². The number of pyridine rings is 1. The third-order valence-corrected chi connectivity index (χ3v) is 5.38. The lowest BCUT2D eigenvalue weighted by Gasteiger charge is -2.28. The number of nitrogens with zero attached hydrogens (tertiary/aromatic N) is 3. The summed E-state index contributed by atoms with van der Waals surface area (Å²) in [7, 11) is 1.67. The monoisotopic (exact) mass is 393 g/mol. The van der Waals surface area contributed by atoms with Crippen molar-refractivity contribution in [1.82, 2.24) is 25.9 Å². The maximum absolute atomic E-state index is 7.73. The van der Waals surface area contributed by atoms with Crippen molar-refractivity contribution in [2.24, 2.45) is 5.10 Å². The zero-order valence-electron chi connectivity index (χ0n) is 16.8. The number of aromatic nitrogens is 1. The van der Waals surface area contributed by atoms with E-state index in [0.717, 1.165) is 54.2 Å². The van der Waals surface area contributed by atoms with Crippen LogP contribution in [-0.4, -0.2) is 48.0 Å². The lowest BCUT2D eigenvalue weighted by Crippen LogP contribution is -2.46. The van der Waals surface area contributed by atoms with E-state index in [1.54, 1.807) is 13.3 Å². The highest BCUT2D eigenvalue weighted by Gasteiger charge is 2.32. The minimum Gasteiger partial charge on any atom is -0.496 e. The molecule has 2 aliphatic heterocycles. The van der Waals surface area contributed by atoms with Gasteiger partial charge in [0.1, 0.15) is 11.9 Å². The van der Waals surface area contributed by atoms with Crippen LogP contribution >= 0.6 is 0 Å². The minimum absolute atomic E-state index is 0.112. The van der Waals surface area contributed by atoms with E-state index >= 15 is 0 Å². The van der Waals surface area contributed by atoms with Crippen molar-refractivity contribution in [2.75, 3.05) is 13.7 Å². The van der Waals surface area contributed by atoms with E-state index in [-0.39, 0.29) is 12.2 Å². The number of methoxy groups -OCH3 is 1. The molecule has 0 fully saturated rings. The number of nitrogens with one attached hydrogen (secondary N) is 4. The molecular weight excluding hydrogens is 366 g/mol. The Bertz CT molecular complexity index is 902. The summed E-state index contributed by atoms with van der Waals surface area (Å²) in [4.78, 5) is 4.26. The summed E-state index contributed by atoms with van der Waals surface area (Å²) in [6.07, 6.45) is 13.6. The summed E-state index contributed by atoms with van der Waals surface area (Å²) in [6.45, 7) is 2.97. The van der Waals surface area contributed by atoms with Gasteiger partial charge in [0, 0.05) is 54.2 Å². The second-order valence-electron chi connectivity index (χ2n) is 7.18. The van der Waals surface area contributed by atoms with Crippen LogP contribution in [0.3, 0.4) is 0 Å². The van der Waals surface area contributed by atoms with Crippen LogP contribution in [0, 0.1) is 5.41 Å². The summed E-state index contributed by atoms with van der Waals surface area (Å²) in [6, 6.07) is 2.11. The second-order valence-corrected chi connectivity index (χ2v) is 7.18. The number of hydrogen-bond donors (Lipinski definition) is 4. The molecule has 0 saturated heterocycles. The van der Waals surface area contributed by atoms with Crippen LogP contribution in [0.25, 0.3) is 5.57 Å². The van der Waals surface area contributed by atoms with Crippen molar-refractivity contribution in [3.8, 4) is 5.75 Å². The zero-order chi connectivity index (χ0) is 20.2. The van der Waals surface area contributed by atoms with E-state index in [9.17, 15) is 0 Å². The molecule has 3 aliphatic rings. The summed E-state index contributed by atoms with van der Waals surface area (Å²) in [5.41, 5.74) is 4.25. The molecule has 8 nitrogen and oxygen atoms in total. The van der Waals surface area contributed by atoms with Gasteiger partial charge in [0.15, 0.2) is 0 Å². The average Bonchev–Trinajstić information content (AvgIpc) is 3.17. The Balaban J connectivity index is 1.47. The number of allylic oxidation sites excluding steroid dienone is 3. The Morgan fingerprint density at radius 1 is 1.45 bits per heavy atom. The lowest BCUT2D eigenvalue weighted by molar-refractivity contribution is 0.357. The van der Waals surface area contributed by atoms with Gasteiger partial charge in [0.25, 0.3) is 0 Å². The fourth-order valence-corrected chi connectivity index (χ4v) is 4.00. The molecule has 0 radical (unpaired) electrons. The smallest absolute Gasteiger partial charge is 0.216 e. The van der Waals surface area contributed by atoms with Gasteiger partial charge < -0.3 is 26.1 Å². The maximum atomic E-state index is 7.73. The summed E-state index contributed by atoms with van der Waals surface area (Å²) in [5, 5.41) is 24.7. The van der Waals surface area contributed by atoms with E-state index in [0.29, 0.717) is 0 Å². The van der Waals surface area contributed by atoms with Crippen LogP contribution in [0.15, 0.2) is 53.2 Å². The van der Waals surface area contributed by atoms with Gasteiger partial charge in [0.05, 0.1) is 7.11 Å². The van der Waals surface area contributed by atoms with Crippen molar-refractivity contribution in [1.29, 1.82) is 5.41 Å². The number of rotatable bonds is 6. The molecule has 0 spiro atoms. The van der Waals surface area contributed by atoms with Gasteiger partial charge in [-0.05, 0) is 43.9 Å². The highest BCUT2D eigenvalue weighted by molar-refractivity contribution is 5.87. The van der Waals surface area contributed by atoms with Crippen molar-refractivity contribution < 1.29 is 4.74 Å². The van der Waals surface area contributed by atoms with Gasteiger partial charge in [-0.15, -0.1) is 5.10 Å². The third-order valence-electron chi connectivity index (χ3n) is 5.38. The molecule has 4 rings (SSSR count). The molecule has 4 N–H and O–H groups in total. The van der Waals surface area contributed by atoms with Crippen molar-refractivity contribution in [3.05, 3.63) is 53.6 Å². The molecular formula is C21H27N7O. The van der Waals surface area contributed by atoms with E-state index in [2.05, 4.69) is 33.9 Å². The zero-order valence-corrected chi connectivity index (χ0v) is 16.8. The molecule has 2 unspecified atom stereocenters. The van der Waals surface area contributed by atoms with Gasteiger partial charge in [-0.25, -0.2) is 5.01 Å². The van der Waals surface area contributed by atoms with Gasteiger partial charge in [-0.2, -0.15) is 0 Å². The van der Waals surface area contributed by atoms with Gasteiger partial charge >= 0.3 is 0 Å². The van der Waals surface area contributed by atoms with Crippen LogP contribution in [0.2, 0.25) is 0 Å². The Labute approximate surface area is 170 Å². The molecule has 1 aliphatic carbocycles. The highest BCUT2D eigenvalue weighted by Crippen LogP contribution is 2.32. The quantitative estimate of drug-likeness (QED) is 0.553.